The van der Waals surface area contributed by atoms with Gasteiger partial charge in [0.15, 0.2) is 0 Å². The average Bonchev–Trinajstić information content (AvgIpc) is 3.05. The molecule has 0 bridgehead atoms. The first kappa shape index (κ1) is 22.9. The van der Waals surface area contributed by atoms with Crippen LogP contribution in [0, 0.1) is 40.4 Å². The lowest BCUT2D eigenvalue weighted by Crippen LogP contribution is -2.51. The zero-order valence-electron chi connectivity index (χ0n) is 20.7. The van der Waals surface area contributed by atoms with Crippen molar-refractivity contribution in [3.05, 3.63) is 35.5 Å². The zero-order valence-corrected chi connectivity index (χ0v) is 20.7. The van der Waals surface area contributed by atoms with Crippen molar-refractivity contribution in [3.8, 4) is 0 Å². The molecule has 0 radical (unpaired) electrons. The number of esters is 1. The van der Waals surface area contributed by atoms with Gasteiger partial charge in [-0.25, -0.2) is 0 Å². The van der Waals surface area contributed by atoms with Crippen molar-refractivity contribution >= 4 is 5.97 Å². The highest BCUT2D eigenvalue weighted by atomic mass is 16.5. The Bertz CT molecular complexity index is 785. The molecule has 4 rings (SSSR count). The Morgan fingerprint density at radius 1 is 1.10 bits per heavy atom. The van der Waals surface area contributed by atoms with Crippen LogP contribution in [-0.4, -0.2) is 12.1 Å². The Labute approximate surface area is 190 Å². The maximum atomic E-state index is 11.5. The summed E-state index contributed by atoms with van der Waals surface area (Å²) in [6, 6.07) is 0. The fourth-order valence-corrected chi connectivity index (χ4v) is 8.42. The molecule has 0 aliphatic heterocycles. The first-order chi connectivity index (χ1) is 14.6. The van der Waals surface area contributed by atoms with Crippen molar-refractivity contribution in [2.45, 2.75) is 99.0 Å². The number of ether oxygens (including phenoxy) is 1. The molecule has 0 spiro atoms. The van der Waals surface area contributed by atoms with E-state index in [2.05, 4.69) is 58.9 Å². The van der Waals surface area contributed by atoms with Gasteiger partial charge in [-0.2, -0.15) is 0 Å². The van der Waals surface area contributed by atoms with E-state index in [0.717, 1.165) is 36.5 Å². The summed E-state index contributed by atoms with van der Waals surface area (Å²) in [5.41, 5.74) is 3.80. The first-order valence-corrected chi connectivity index (χ1v) is 12.8. The standard InChI is InChI=1S/C29H44O2/c1-19(2)8-7-9-20(3)25-12-13-26-24-11-10-22-18-23(31-21(4)30)14-16-28(22,5)27(24)15-17-29(25,26)6/h7-10,20,23-27H,11-18H2,1-6H3/b9-7+/t20-,23+,24+,25-,26+,27+,28+,29-/m1/s1. The number of hydrogen-bond acceptors (Lipinski definition) is 2. The molecule has 3 saturated carbocycles. The monoisotopic (exact) mass is 424 g/mol. The minimum Gasteiger partial charge on any atom is -0.462 e. The van der Waals surface area contributed by atoms with Gasteiger partial charge in [0, 0.05) is 13.3 Å². The lowest BCUT2D eigenvalue weighted by Gasteiger charge is -2.58. The van der Waals surface area contributed by atoms with Crippen molar-refractivity contribution in [2.24, 2.45) is 40.4 Å². The van der Waals surface area contributed by atoms with Crippen molar-refractivity contribution < 1.29 is 9.53 Å². The summed E-state index contributed by atoms with van der Waals surface area (Å²) >= 11 is 0. The van der Waals surface area contributed by atoms with Crippen LogP contribution in [-0.2, 0) is 9.53 Å². The third kappa shape index (κ3) is 4.09. The fraction of sp³-hybridized carbons (Fsp3) is 0.759. The molecule has 3 fully saturated rings. The molecule has 0 unspecified atom stereocenters. The highest BCUT2D eigenvalue weighted by molar-refractivity contribution is 5.66. The Morgan fingerprint density at radius 2 is 1.87 bits per heavy atom. The molecule has 0 aromatic heterocycles. The first-order valence-electron chi connectivity index (χ1n) is 12.8. The second-order valence-corrected chi connectivity index (χ2v) is 11.9. The van der Waals surface area contributed by atoms with Crippen LogP contribution in [0.2, 0.25) is 0 Å². The number of allylic oxidation sites excluding steroid dienone is 5. The molecular formula is C29H44O2. The van der Waals surface area contributed by atoms with E-state index in [-0.39, 0.29) is 12.1 Å². The van der Waals surface area contributed by atoms with E-state index in [9.17, 15) is 4.79 Å². The van der Waals surface area contributed by atoms with Gasteiger partial charge in [-0.3, -0.25) is 4.79 Å². The maximum Gasteiger partial charge on any atom is 0.302 e. The summed E-state index contributed by atoms with van der Waals surface area (Å²) in [6.45, 7) is 13.5. The third-order valence-electron chi connectivity index (χ3n) is 9.94. The summed E-state index contributed by atoms with van der Waals surface area (Å²) in [5.74, 6) is 3.89. The van der Waals surface area contributed by atoms with E-state index >= 15 is 0 Å². The van der Waals surface area contributed by atoms with Crippen molar-refractivity contribution in [1.29, 1.82) is 0 Å². The molecule has 0 saturated heterocycles. The van der Waals surface area contributed by atoms with E-state index < -0.39 is 0 Å². The molecule has 0 N–H and O–H groups in total. The highest BCUT2D eigenvalue weighted by Crippen LogP contribution is 2.67. The predicted octanol–water partition coefficient (Wildman–Crippen LogP) is 7.66. The fourth-order valence-electron chi connectivity index (χ4n) is 8.42. The van der Waals surface area contributed by atoms with Gasteiger partial charge in [-0.15, -0.1) is 0 Å². The van der Waals surface area contributed by atoms with Gasteiger partial charge >= 0.3 is 5.97 Å². The van der Waals surface area contributed by atoms with E-state index in [4.69, 9.17) is 4.74 Å². The van der Waals surface area contributed by atoms with E-state index in [0.29, 0.717) is 16.7 Å². The lowest BCUT2D eigenvalue weighted by atomic mass is 9.47. The minimum absolute atomic E-state index is 0.103. The van der Waals surface area contributed by atoms with Crippen LogP contribution >= 0.6 is 0 Å². The van der Waals surface area contributed by atoms with Crippen LogP contribution in [0.25, 0.3) is 0 Å². The van der Waals surface area contributed by atoms with Gasteiger partial charge in [0.2, 0.25) is 0 Å². The van der Waals surface area contributed by atoms with E-state index in [1.54, 1.807) is 12.5 Å². The van der Waals surface area contributed by atoms with Crippen LogP contribution in [0.5, 0.6) is 0 Å². The second-order valence-electron chi connectivity index (χ2n) is 11.9. The topological polar surface area (TPSA) is 26.3 Å². The van der Waals surface area contributed by atoms with Crippen LogP contribution in [0.4, 0.5) is 0 Å². The normalized spacial score (nSPS) is 42.8. The summed E-state index contributed by atoms with van der Waals surface area (Å²) in [5, 5.41) is 0. The molecule has 4 aliphatic carbocycles. The van der Waals surface area contributed by atoms with Crippen molar-refractivity contribution in [2.75, 3.05) is 0 Å². The largest absolute Gasteiger partial charge is 0.462 e. The second kappa shape index (κ2) is 8.56. The number of fused-ring (bicyclic) bond motifs is 5. The van der Waals surface area contributed by atoms with Gasteiger partial charge in [0.1, 0.15) is 6.10 Å². The predicted molar refractivity (Wildman–Crippen MR) is 128 cm³/mol. The quantitative estimate of drug-likeness (QED) is 0.263. The van der Waals surface area contributed by atoms with Crippen molar-refractivity contribution in [1.82, 2.24) is 0 Å². The summed E-state index contributed by atoms with van der Waals surface area (Å²) in [7, 11) is 0. The number of carbonyl (C=O) groups excluding carboxylic acids is 1. The Kier molecular flexibility index (Phi) is 6.32. The van der Waals surface area contributed by atoms with Crippen molar-refractivity contribution in [3.63, 3.8) is 0 Å². The minimum atomic E-state index is -0.124. The molecule has 2 heteroatoms. The van der Waals surface area contributed by atoms with Crippen LogP contribution in [0.3, 0.4) is 0 Å². The smallest absolute Gasteiger partial charge is 0.302 e. The summed E-state index contributed by atoms with van der Waals surface area (Å²) < 4.78 is 5.60. The SMILES string of the molecule is CC(=O)O[C@H]1CC[C@@]2(C)C(=CC[C@H]3[C@@H]4CC[C@H]([C@H](C)/C=C/C=C(C)C)[C@@]4(C)CC[C@@H]32)C1. The molecule has 2 nitrogen and oxygen atoms in total. The van der Waals surface area contributed by atoms with Crippen LogP contribution in [0.15, 0.2) is 35.5 Å². The molecule has 0 aromatic carbocycles. The zero-order chi connectivity index (χ0) is 22.4. The number of hydrogen-bond donors (Lipinski definition) is 0. The molecule has 31 heavy (non-hydrogen) atoms. The Morgan fingerprint density at radius 3 is 2.58 bits per heavy atom. The summed E-state index contributed by atoms with van der Waals surface area (Å²) in [6.07, 6.45) is 19.7. The van der Waals surface area contributed by atoms with E-state index in [1.165, 1.54) is 44.1 Å². The Balaban J connectivity index is 1.52. The number of rotatable bonds is 4. The third-order valence-corrected chi connectivity index (χ3v) is 9.94. The molecule has 4 aliphatic rings. The Hall–Kier alpha value is -1.31. The highest BCUT2D eigenvalue weighted by Gasteiger charge is 2.59. The van der Waals surface area contributed by atoms with Gasteiger partial charge in [0.05, 0.1) is 0 Å². The molecule has 0 amide bonds. The lowest BCUT2D eigenvalue weighted by molar-refractivity contribution is -0.148. The summed E-state index contributed by atoms with van der Waals surface area (Å²) in [4.78, 5) is 11.5. The molecule has 172 valence electrons. The number of carbonyl (C=O) groups is 1. The van der Waals surface area contributed by atoms with Gasteiger partial charge in [0.25, 0.3) is 0 Å². The van der Waals surface area contributed by atoms with Gasteiger partial charge in [-0.1, -0.05) is 56.2 Å². The molecule has 0 aromatic rings. The van der Waals surface area contributed by atoms with Crippen LogP contribution in [0.1, 0.15) is 92.9 Å². The maximum absolute atomic E-state index is 11.5. The van der Waals surface area contributed by atoms with E-state index in [1.807, 2.05) is 0 Å². The van der Waals surface area contributed by atoms with Gasteiger partial charge in [-0.05, 0) is 99.2 Å². The molecular weight excluding hydrogens is 380 g/mol. The van der Waals surface area contributed by atoms with Gasteiger partial charge < -0.3 is 4.74 Å². The molecule has 8 atom stereocenters. The van der Waals surface area contributed by atoms with Crippen LogP contribution < -0.4 is 0 Å². The average molecular weight is 425 g/mol. The molecule has 0 heterocycles.